The fourth-order valence-electron chi connectivity index (χ4n) is 3.39. The first kappa shape index (κ1) is 12.6. The van der Waals surface area contributed by atoms with Crippen molar-refractivity contribution >= 4 is 23.2 Å². The molecule has 0 bridgehead atoms. The zero-order valence-corrected chi connectivity index (χ0v) is 12.1. The van der Waals surface area contributed by atoms with Crippen molar-refractivity contribution in [3.63, 3.8) is 0 Å². The van der Waals surface area contributed by atoms with Crippen molar-refractivity contribution in [2.45, 2.75) is 50.5 Å². The lowest BCUT2D eigenvalue weighted by Gasteiger charge is -2.51. The van der Waals surface area contributed by atoms with E-state index in [1.165, 1.54) is 25.7 Å². The lowest BCUT2D eigenvalue weighted by Crippen LogP contribution is -2.55. The van der Waals surface area contributed by atoms with Gasteiger partial charge in [0.05, 0.1) is 0 Å². The van der Waals surface area contributed by atoms with Gasteiger partial charge < -0.3 is 4.74 Å². The Balaban J connectivity index is 1.79. The van der Waals surface area contributed by atoms with Crippen molar-refractivity contribution in [3.05, 3.63) is 28.8 Å². The molecule has 0 aromatic heterocycles. The number of hydrogen-bond donors (Lipinski definition) is 0. The van der Waals surface area contributed by atoms with E-state index in [0.29, 0.717) is 5.38 Å². The predicted molar refractivity (Wildman–Crippen MR) is 75.8 cm³/mol. The van der Waals surface area contributed by atoms with Crippen LogP contribution < -0.4 is 4.74 Å². The van der Waals surface area contributed by atoms with Crippen molar-refractivity contribution in [2.75, 3.05) is 0 Å². The molecule has 0 aliphatic heterocycles. The summed E-state index contributed by atoms with van der Waals surface area (Å²) in [6, 6.07) is 5.83. The van der Waals surface area contributed by atoms with Crippen molar-refractivity contribution in [1.29, 1.82) is 0 Å². The fraction of sp³-hybridized carbons (Fsp3) is 0.600. The number of hydrogen-bond acceptors (Lipinski definition) is 1. The van der Waals surface area contributed by atoms with Gasteiger partial charge >= 0.3 is 0 Å². The van der Waals surface area contributed by atoms with Gasteiger partial charge in [0.2, 0.25) is 0 Å². The molecule has 2 fully saturated rings. The quantitative estimate of drug-likeness (QED) is 0.697. The van der Waals surface area contributed by atoms with Crippen LogP contribution in [0.25, 0.3) is 0 Å². The second kappa shape index (κ2) is 4.61. The molecule has 2 aliphatic rings. The smallest absolute Gasteiger partial charge is 0.124 e. The Labute approximate surface area is 118 Å². The van der Waals surface area contributed by atoms with Crippen LogP contribution in [0.5, 0.6) is 5.75 Å². The highest BCUT2D eigenvalue weighted by Gasteiger charge is 2.57. The van der Waals surface area contributed by atoms with Crippen LogP contribution in [0.15, 0.2) is 18.2 Å². The Morgan fingerprint density at radius 2 is 2.00 bits per heavy atom. The number of halogens is 2. The molecule has 18 heavy (non-hydrogen) atoms. The van der Waals surface area contributed by atoms with Crippen LogP contribution >= 0.6 is 23.2 Å². The molecule has 0 heterocycles. The van der Waals surface area contributed by atoms with Gasteiger partial charge in [-0.25, -0.2) is 0 Å². The Bertz CT molecular complexity index is 452. The normalized spacial score (nSPS) is 29.3. The average Bonchev–Trinajstić information content (AvgIpc) is 2.85. The largest absolute Gasteiger partial charge is 0.489 e. The van der Waals surface area contributed by atoms with Crippen LogP contribution in [0.4, 0.5) is 0 Å². The minimum Gasteiger partial charge on any atom is -0.489 e. The molecule has 3 rings (SSSR count). The maximum Gasteiger partial charge on any atom is 0.124 e. The van der Waals surface area contributed by atoms with Crippen molar-refractivity contribution in [3.8, 4) is 5.75 Å². The lowest BCUT2D eigenvalue weighted by atomic mass is 9.64. The topological polar surface area (TPSA) is 9.23 Å². The van der Waals surface area contributed by atoms with Crippen molar-refractivity contribution < 1.29 is 4.74 Å². The molecule has 2 saturated carbocycles. The zero-order valence-electron chi connectivity index (χ0n) is 10.6. The van der Waals surface area contributed by atoms with Crippen LogP contribution in [0.3, 0.4) is 0 Å². The second-order valence-corrected chi connectivity index (χ2v) is 6.62. The third-order valence-electron chi connectivity index (χ3n) is 4.64. The van der Waals surface area contributed by atoms with Gasteiger partial charge in [-0.3, -0.25) is 0 Å². The van der Waals surface area contributed by atoms with E-state index in [9.17, 15) is 0 Å². The highest BCUT2D eigenvalue weighted by atomic mass is 35.5. The second-order valence-electron chi connectivity index (χ2n) is 5.66. The summed E-state index contributed by atoms with van der Waals surface area (Å²) in [7, 11) is 0. The number of alkyl halides is 1. The van der Waals surface area contributed by atoms with Crippen LogP contribution in [-0.4, -0.2) is 11.5 Å². The summed E-state index contributed by atoms with van der Waals surface area (Å²) in [4.78, 5) is 0. The molecular formula is C15H18Cl2O. The summed E-state index contributed by atoms with van der Waals surface area (Å²) in [6.45, 7) is 2.06. The first-order valence-corrected chi connectivity index (χ1v) is 7.50. The van der Waals surface area contributed by atoms with Gasteiger partial charge in [0.25, 0.3) is 0 Å². The molecule has 0 radical (unpaired) electrons. The SMILES string of the molecule is Cc1ccc(Cl)cc1OC1CC(Cl)C12CCCC2. The summed E-state index contributed by atoms with van der Waals surface area (Å²) in [5.74, 6) is 0.919. The van der Waals surface area contributed by atoms with E-state index < -0.39 is 0 Å². The van der Waals surface area contributed by atoms with E-state index in [4.69, 9.17) is 27.9 Å². The van der Waals surface area contributed by atoms with Crippen LogP contribution in [0, 0.1) is 12.3 Å². The number of aryl methyl sites for hydroxylation is 1. The third kappa shape index (κ3) is 1.92. The maximum absolute atomic E-state index is 6.44. The van der Waals surface area contributed by atoms with Gasteiger partial charge in [-0.1, -0.05) is 30.5 Å². The van der Waals surface area contributed by atoms with Gasteiger partial charge in [0.1, 0.15) is 11.9 Å². The van der Waals surface area contributed by atoms with Crippen molar-refractivity contribution in [1.82, 2.24) is 0 Å². The highest BCUT2D eigenvalue weighted by Crippen LogP contribution is 2.57. The Hall–Kier alpha value is -0.400. The molecule has 0 amide bonds. The van der Waals surface area contributed by atoms with Gasteiger partial charge in [-0.15, -0.1) is 11.6 Å². The van der Waals surface area contributed by atoms with Crippen molar-refractivity contribution in [2.24, 2.45) is 5.41 Å². The monoisotopic (exact) mass is 284 g/mol. The third-order valence-corrected chi connectivity index (χ3v) is 5.49. The molecule has 3 heteroatoms. The van der Waals surface area contributed by atoms with Crippen LogP contribution in [0.1, 0.15) is 37.7 Å². The molecule has 1 aromatic carbocycles. The number of ether oxygens (including phenoxy) is 1. The molecule has 0 N–H and O–H groups in total. The fourth-order valence-corrected chi connectivity index (χ4v) is 4.07. The Morgan fingerprint density at radius 3 is 2.67 bits per heavy atom. The standard InChI is InChI=1S/C15H18Cl2O/c1-10-4-5-11(16)8-12(10)18-14-9-13(17)15(14)6-2-3-7-15/h4-5,8,13-14H,2-3,6-7,9H2,1H3. The summed E-state index contributed by atoms with van der Waals surface area (Å²) in [5.41, 5.74) is 1.38. The van der Waals surface area contributed by atoms with Gasteiger partial charge in [-0.05, 0) is 37.5 Å². The molecular weight excluding hydrogens is 267 g/mol. The number of rotatable bonds is 2. The number of benzene rings is 1. The van der Waals surface area contributed by atoms with Crippen LogP contribution in [-0.2, 0) is 0 Å². The molecule has 1 aromatic rings. The van der Waals surface area contributed by atoms with E-state index in [0.717, 1.165) is 22.8 Å². The molecule has 2 atom stereocenters. The Kier molecular flexibility index (Phi) is 3.23. The minimum absolute atomic E-state index is 0.232. The zero-order chi connectivity index (χ0) is 12.8. The Morgan fingerprint density at radius 1 is 1.28 bits per heavy atom. The summed E-state index contributed by atoms with van der Waals surface area (Å²) >= 11 is 12.5. The van der Waals surface area contributed by atoms with Gasteiger partial charge in [0, 0.05) is 22.2 Å². The van der Waals surface area contributed by atoms with Crippen LogP contribution in [0.2, 0.25) is 5.02 Å². The van der Waals surface area contributed by atoms with E-state index in [1.807, 2.05) is 18.2 Å². The molecule has 1 nitrogen and oxygen atoms in total. The summed E-state index contributed by atoms with van der Waals surface area (Å²) < 4.78 is 6.20. The molecule has 2 aliphatic carbocycles. The summed E-state index contributed by atoms with van der Waals surface area (Å²) in [6.07, 6.45) is 6.25. The maximum atomic E-state index is 6.44. The van der Waals surface area contributed by atoms with E-state index in [2.05, 4.69) is 6.92 Å². The first-order valence-electron chi connectivity index (χ1n) is 6.69. The minimum atomic E-state index is 0.232. The van der Waals surface area contributed by atoms with E-state index >= 15 is 0 Å². The lowest BCUT2D eigenvalue weighted by molar-refractivity contribution is -0.0359. The first-order chi connectivity index (χ1) is 8.62. The highest BCUT2D eigenvalue weighted by molar-refractivity contribution is 6.30. The predicted octanol–water partition coefficient (Wildman–Crippen LogP) is 4.97. The van der Waals surface area contributed by atoms with E-state index in [-0.39, 0.29) is 11.5 Å². The average molecular weight is 285 g/mol. The van der Waals surface area contributed by atoms with Gasteiger partial charge in [-0.2, -0.15) is 0 Å². The molecule has 0 saturated heterocycles. The van der Waals surface area contributed by atoms with Gasteiger partial charge in [0.15, 0.2) is 0 Å². The molecule has 2 unspecified atom stereocenters. The molecule has 1 spiro atoms. The van der Waals surface area contributed by atoms with E-state index in [1.54, 1.807) is 0 Å². The molecule has 98 valence electrons. The summed E-state index contributed by atoms with van der Waals surface area (Å²) in [5, 5.41) is 1.03.